The summed E-state index contributed by atoms with van der Waals surface area (Å²) in [4.78, 5) is 0. The lowest BCUT2D eigenvalue weighted by Gasteiger charge is -2.36. The molecular formula is C11H27N3O2S. The van der Waals surface area contributed by atoms with Crippen molar-refractivity contribution in [3.8, 4) is 0 Å². The summed E-state index contributed by atoms with van der Waals surface area (Å²) in [7, 11) is -0.159. The molecule has 0 fully saturated rings. The number of hydrogen-bond donors (Lipinski definition) is 1. The summed E-state index contributed by atoms with van der Waals surface area (Å²) in [6.07, 6.45) is 0.674. The average molecular weight is 265 g/mol. The summed E-state index contributed by atoms with van der Waals surface area (Å²) < 4.78 is 27.3. The van der Waals surface area contributed by atoms with E-state index in [2.05, 4.69) is 0 Å². The van der Waals surface area contributed by atoms with E-state index >= 15 is 0 Å². The van der Waals surface area contributed by atoms with Gasteiger partial charge < -0.3 is 5.73 Å². The molecule has 0 bridgehead atoms. The van der Waals surface area contributed by atoms with Gasteiger partial charge in [-0.2, -0.15) is 17.0 Å². The van der Waals surface area contributed by atoms with Crippen LogP contribution in [0.5, 0.6) is 0 Å². The molecule has 1 atom stereocenters. The van der Waals surface area contributed by atoms with Crippen LogP contribution < -0.4 is 5.73 Å². The molecule has 2 N–H and O–H groups in total. The van der Waals surface area contributed by atoms with Gasteiger partial charge in [-0.1, -0.05) is 20.8 Å². The van der Waals surface area contributed by atoms with Gasteiger partial charge in [-0.25, -0.2) is 0 Å². The van der Waals surface area contributed by atoms with E-state index in [9.17, 15) is 8.42 Å². The largest absolute Gasteiger partial charge is 0.330 e. The zero-order chi connectivity index (χ0) is 13.9. The van der Waals surface area contributed by atoms with Gasteiger partial charge in [0.1, 0.15) is 0 Å². The van der Waals surface area contributed by atoms with Crippen molar-refractivity contribution in [2.45, 2.75) is 40.2 Å². The van der Waals surface area contributed by atoms with Gasteiger partial charge in [0.05, 0.1) is 0 Å². The topological polar surface area (TPSA) is 66.6 Å². The normalized spacial score (nSPS) is 15.6. The van der Waals surface area contributed by atoms with Crippen molar-refractivity contribution >= 4 is 10.2 Å². The molecule has 0 saturated carbocycles. The van der Waals surface area contributed by atoms with E-state index in [1.165, 1.54) is 8.61 Å². The Morgan fingerprint density at radius 2 is 1.71 bits per heavy atom. The predicted molar refractivity (Wildman–Crippen MR) is 71.9 cm³/mol. The van der Waals surface area contributed by atoms with Gasteiger partial charge in [-0.3, -0.25) is 0 Å². The second-order valence-corrected chi connectivity index (χ2v) is 7.62. The molecular weight excluding hydrogens is 238 g/mol. The Hall–Kier alpha value is -0.170. The highest BCUT2D eigenvalue weighted by atomic mass is 32.2. The zero-order valence-electron chi connectivity index (χ0n) is 11.9. The van der Waals surface area contributed by atoms with Gasteiger partial charge in [0.25, 0.3) is 10.2 Å². The van der Waals surface area contributed by atoms with Crippen LogP contribution in [0.3, 0.4) is 0 Å². The van der Waals surface area contributed by atoms with Gasteiger partial charge >= 0.3 is 0 Å². The molecule has 0 spiro atoms. The second-order valence-electron chi connectivity index (χ2n) is 5.53. The van der Waals surface area contributed by atoms with Crippen LogP contribution in [-0.4, -0.2) is 50.3 Å². The van der Waals surface area contributed by atoms with Crippen LogP contribution in [0.4, 0.5) is 0 Å². The molecule has 0 aromatic rings. The van der Waals surface area contributed by atoms with Crippen LogP contribution in [0, 0.1) is 5.41 Å². The summed E-state index contributed by atoms with van der Waals surface area (Å²) in [5, 5.41) is 0. The maximum atomic E-state index is 12.2. The maximum absolute atomic E-state index is 12.2. The van der Waals surface area contributed by atoms with Crippen LogP contribution >= 0.6 is 0 Å². The molecule has 0 rings (SSSR count). The highest BCUT2D eigenvalue weighted by molar-refractivity contribution is 7.86. The Bertz CT molecular complexity index is 322. The Morgan fingerprint density at radius 3 is 2.06 bits per heavy atom. The number of nitrogens with zero attached hydrogens (tertiary/aromatic N) is 2. The second kappa shape index (κ2) is 6.13. The van der Waals surface area contributed by atoms with Gasteiger partial charge in [0, 0.05) is 26.7 Å². The van der Waals surface area contributed by atoms with E-state index in [-0.39, 0.29) is 11.5 Å². The average Bonchev–Trinajstić information content (AvgIpc) is 2.22. The first-order valence-electron chi connectivity index (χ1n) is 5.94. The van der Waals surface area contributed by atoms with Gasteiger partial charge in [0.15, 0.2) is 0 Å². The Balaban J connectivity index is 4.82. The first-order valence-corrected chi connectivity index (χ1v) is 7.34. The molecule has 5 nitrogen and oxygen atoms in total. The standard InChI is InChI=1S/C11H27N3O2S/c1-10(11(2,3)4)14(6)17(15,16)13(5)9-7-8-12/h10H,7-9,12H2,1-6H3. The van der Waals surface area contributed by atoms with Crippen molar-refractivity contribution in [1.29, 1.82) is 0 Å². The van der Waals surface area contributed by atoms with Gasteiger partial charge in [-0.15, -0.1) is 0 Å². The molecule has 0 aromatic carbocycles. The fourth-order valence-electron chi connectivity index (χ4n) is 1.39. The molecule has 0 aliphatic heterocycles. The number of hydrogen-bond acceptors (Lipinski definition) is 3. The van der Waals surface area contributed by atoms with Crippen molar-refractivity contribution in [2.75, 3.05) is 27.2 Å². The Morgan fingerprint density at radius 1 is 1.24 bits per heavy atom. The predicted octanol–water partition coefficient (Wildman–Crippen LogP) is 0.878. The highest BCUT2D eigenvalue weighted by Crippen LogP contribution is 2.25. The first-order chi connectivity index (χ1) is 7.55. The minimum atomic E-state index is -3.38. The molecule has 17 heavy (non-hydrogen) atoms. The molecule has 0 aromatic heterocycles. The molecule has 0 aliphatic rings. The molecule has 1 unspecified atom stereocenters. The smallest absolute Gasteiger partial charge is 0.281 e. The molecule has 0 radical (unpaired) electrons. The lowest BCUT2D eigenvalue weighted by molar-refractivity contribution is 0.207. The van der Waals surface area contributed by atoms with Crippen LogP contribution in [-0.2, 0) is 10.2 Å². The first kappa shape index (κ1) is 16.8. The minimum absolute atomic E-state index is 0.0622. The van der Waals surface area contributed by atoms with Crippen LogP contribution in [0.15, 0.2) is 0 Å². The zero-order valence-corrected chi connectivity index (χ0v) is 12.7. The molecule has 6 heteroatoms. The Kier molecular flexibility index (Phi) is 6.07. The van der Waals surface area contributed by atoms with E-state index in [0.717, 1.165) is 0 Å². The minimum Gasteiger partial charge on any atom is -0.330 e. The number of rotatable bonds is 6. The fraction of sp³-hybridized carbons (Fsp3) is 1.00. The molecule has 0 heterocycles. The van der Waals surface area contributed by atoms with Crippen molar-refractivity contribution in [3.05, 3.63) is 0 Å². The van der Waals surface area contributed by atoms with Crippen LogP contribution in [0.2, 0.25) is 0 Å². The third-order valence-corrected chi connectivity index (χ3v) is 5.25. The van der Waals surface area contributed by atoms with Crippen LogP contribution in [0.1, 0.15) is 34.1 Å². The lowest BCUT2D eigenvalue weighted by Crippen LogP contribution is -2.48. The fourth-order valence-corrected chi connectivity index (χ4v) is 2.91. The summed E-state index contributed by atoms with van der Waals surface area (Å²) in [5.41, 5.74) is 5.30. The quantitative estimate of drug-likeness (QED) is 0.775. The van der Waals surface area contributed by atoms with Crippen molar-refractivity contribution < 1.29 is 8.42 Å². The third kappa shape index (κ3) is 4.54. The molecule has 104 valence electrons. The molecule has 0 aliphatic carbocycles. The number of nitrogens with two attached hydrogens (primary N) is 1. The van der Waals surface area contributed by atoms with E-state index < -0.39 is 10.2 Å². The highest BCUT2D eigenvalue weighted by Gasteiger charge is 2.33. The van der Waals surface area contributed by atoms with Gasteiger partial charge in [-0.05, 0) is 25.3 Å². The van der Waals surface area contributed by atoms with Gasteiger partial charge in [0.2, 0.25) is 0 Å². The summed E-state index contributed by atoms with van der Waals surface area (Å²) in [6.45, 7) is 8.98. The summed E-state index contributed by atoms with van der Waals surface area (Å²) in [5.74, 6) is 0. The van der Waals surface area contributed by atoms with Crippen molar-refractivity contribution in [1.82, 2.24) is 8.61 Å². The molecule has 0 amide bonds. The van der Waals surface area contributed by atoms with Crippen molar-refractivity contribution in [3.63, 3.8) is 0 Å². The monoisotopic (exact) mass is 265 g/mol. The Labute approximate surface area is 106 Å². The lowest BCUT2D eigenvalue weighted by atomic mass is 9.88. The third-order valence-electron chi connectivity index (χ3n) is 3.23. The van der Waals surface area contributed by atoms with E-state index in [4.69, 9.17) is 5.73 Å². The van der Waals surface area contributed by atoms with E-state index in [1.807, 2.05) is 27.7 Å². The van der Waals surface area contributed by atoms with E-state index in [1.54, 1.807) is 14.1 Å². The SMILES string of the molecule is CC(N(C)S(=O)(=O)N(C)CCCN)C(C)(C)C. The summed E-state index contributed by atoms with van der Waals surface area (Å²) in [6, 6.07) is -0.0622. The molecule has 0 saturated heterocycles. The summed E-state index contributed by atoms with van der Waals surface area (Å²) >= 11 is 0. The van der Waals surface area contributed by atoms with Crippen molar-refractivity contribution in [2.24, 2.45) is 11.1 Å². The maximum Gasteiger partial charge on any atom is 0.281 e. The van der Waals surface area contributed by atoms with E-state index in [0.29, 0.717) is 19.5 Å². The van der Waals surface area contributed by atoms with Crippen LogP contribution in [0.25, 0.3) is 0 Å².